The van der Waals surface area contributed by atoms with Gasteiger partial charge in [0.15, 0.2) is 0 Å². The van der Waals surface area contributed by atoms with Crippen molar-refractivity contribution in [3.05, 3.63) is 70.4 Å². The van der Waals surface area contributed by atoms with Crippen molar-refractivity contribution in [3.63, 3.8) is 0 Å². The molecule has 8 heteroatoms. The van der Waals surface area contributed by atoms with Gasteiger partial charge < -0.3 is 0 Å². The van der Waals surface area contributed by atoms with Crippen LogP contribution in [0, 0.1) is 5.92 Å². The van der Waals surface area contributed by atoms with E-state index in [4.69, 9.17) is 0 Å². The third-order valence-electron chi connectivity index (χ3n) is 5.11. The number of aromatic nitrogens is 7. The number of hydrogen-bond acceptors (Lipinski definition) is 5. The van der Waals surface area contributed by atoms with Crippen LogP contribution in [0.2, 0.25) is 0 Å². The molecule has 0 bridgehead atoms. The van der Waals surface area contributed by atoms with E-state index in [1.165, 1.54) is 0 Å². The van der Waals surface area contributed by atoms with Crippen LogP contribution >= 0.6 is 0 Å². The number of hydrogen-bond donors (Lipinski definition) is 1. The SMILES string of the molecule is CCCc1nn(CC(C)C)c(=O)n1Cc1ccc(-c2cccc(-c3nn[nH]n3)c2)cc1. The minimum absolute atomic E-state index is 0.0333. The van der Waals surface area contributed by atoms with Gasteiger partial charge in [-0.25, -0.2) is 9.48 Å². The zero-order valence-electron chi connectivity index (χ0n) is 18.1. The first-order valence-corrected chi connectivity index (χ1v) is 10.6. The Morgan fingerprint density at radius 3 is 2.48 bits per heavy atom. The van der Waals surface area contributed by atoms with Gasteiger partial charge in [0, 0.05) is 18.5 Å². The van der Waals surface area contributed by atoms with Gasteiger partial charge in [0.2, 0.25) is 5.82 Å². The van der Waals surface area contributed by atoms with Crippen LogP contribution in [0.3, 0.4) is 0 Å². The molecule has 0 saturated heterocycles. The standard InChI is InChI=1S/C23H27N7O/c1-4-6-21-26-30(14-16(2)3)23(31)29(21)15-17-9-11-18(12-10-17)19-7-5-8-20(13-19)22-24-27-28-25-22/h5,7-13,16H,4,6,14-15H2,1-3H3,(H,24,25,27,28). The minimum atomic E-state index is -0.0333. The van der Waals surface area contributed by atoms with Gasteiger partial charge in [0.05, 0.1) is 6.54 Å². The molecule has 0 amide bonds. The Balaban J connectivity index is 1.58. The fourth-order valence-electron chi connectivity index (χ4n) is 3.63. The van der Waals surface area contributed by atoms with Crippen molar-refractivity contribution in [1.82, 2.24) is 35.0 Å². The molecule has 0 radical (unpaired) electrons. The molecule has 2 heterocycles. The summed E-state index contributed by atoms with van der Waals surface area (Å²) in [6, 6.07) is 16.3. The lowest BCUT2D eigenvalue weighted by atomic mass is 10.0. The zero-order chi connectivity index (χ0) is 21.8. The van der Waals surface area contributed by atoms with E-state index in [-0.39, 0.29) is 5.69 Å². The lowest BCUT2D eigenvalue weighted by Gasteiger charge is -2.08. The second kappa shape index (κ2) is 9.07. The van der Waals surface area contributed by atoms with E-state index in [0.29, 0.717) is 24.8 Å². The normalized spacial score (nSPS) is 11.4. The maximum absolute atomic E-state index is 12.9. The molecule has 2 aromatic carbocycles. The molecule has 0 unspecified atom stereocenters. The first kappa shape index (κ1) is 20.7. The van der Waals surface area contributed by atoms with Crippen LogP contribution in [0.15, 0.2) is 53.3 Å². The topological polar surface area (TPSA) is 94.3 Å². The molecule has 0 fully saturated rings. The maximum atomic E-state index is 12.9. The molecule has 0 atom stereocenters. The predicted molar refractivity (Wildman–Crippen MR) is 119 cm³/mol. The van der Waals surface area contributed by atoms with E-state index >= 15 is 0 Å². The molecule has 2 aromatic heterocycles. The molecule has 0 spiro atoms. The summed E-state index contributed by atoms with van der Waals surface area (Å²) in [5.74, 6) is 1.79. The van der Waals surface area contributed by atoms with Crippen LogP contribution in [-0.4, -0.2) is 35.0 Å². The molecule has 0 aliphatic carbocycles. The van der Waals surface area contributed by atoms with E-state index in [9.17, 15) is 4.79 Å². The van der Waals surface area contributed by atoms with E-state index in [2.05, 4.69) is 76.8 Å². The number of tetrazole rings is 1. The number of rotatable bonds is 8. The number of benzene rings is 2. The molecule has 4 rings (SSSR count). The van der Waals surface area contributed by atoms with E-state index in [0.717, 1.165) is 40.9 Å². The highest BCUT2D eigenvalue weighted by Gasteiger charge is 2.14. The van der Waals surface area contributed by atoms with Crippen LogP contribution in [0.5, 0.6) is 0 Å². The number of nitrogens with zero attached hydrogens (tertiary/aromatic N) is 6. The van der Waals surface area contributed by atoms with Crippen molar-refractivity contribution >= 4 is 0 Å². The molecule has 31 heavy (non-hydrogen) atoms. The van der Waals surface area contributed by atoms with Crippen LogP contribution in [0.4, 0.5) is 0 Å². The summed E-state index contributed by atoms with van der Waals surface area (Å²) in [5.41, 5.74) is 4.10. The van der Waals surface area contributed by atoms with E-state index in [1.54, 1.807) is 9.25 Å². The largest absolute Gasteiger partial charge is 0.346 e. The molecule has 0 saturated carbocycles. The van der Waals surface area contributed by atoms with Crippen LogP contribution < -0.4 is 5.69 Å². The van der Waals surface area contributed by atoms with Crippen molar-refractivity contribution in [2.45, 2.75) is 46.7 Å². The Labute approximate surface area is 180 Å². The van der Waals surface area contributed by atoms with E-state index < -0.39 is 0 Å². The van der Waals surface area contributed by atoms with Gasteiger partial charge in [-0.1, -0.05) is 63.2 Å². The highest BCUT2D eigenvalue weighted by atomic mass is 16.2. The summed E-state index contributed by atoms with van der Waals surface area (Å²) in [4.78, 5) is 12.9. The van der Waals surface area contributed by atoms with Gasteiger partial charge in [-0.3, -0.25) is 4.57 Å². The molecule has 0 aliphatic rings. The molecule has 0 aliphatic heterocycles. The second-order valence-corrected chi connectivity index (χ2v) is 8.12. The lowest BCUT2D eigenvalue weighted by Crippen LogP contribution is -2.27. The summed E-state index contributed by atoms with van der Waals surface area (Å²) < 4.78 is 3.41. The van der Waals surface area contributed by atoms with Gasteiger partial charge in [0.1, 0.15) is 5.82 Å². The van der Waals surface area contributed by atoms with Crippen LogP contribution in [0.25, 0.3) is 22.5 Å². The fraction of sp³-hybridized carbons (Fsp3) is 0.348. The average molecular weight is 418 g/mol. The Kier molecular flexibility index (Phi) is 6.06. The monoisotopic (exact) mass is 417 g/mol. The smallest absolute Gasteiger partial charge is 0.274 e. The summed E-state index contributed by atoms with van der Waals surface area (Å²) in [5, 5.41) is 18.8. The van der Waals surface area contributed by atoms with Crippen molar-refractivity contribution in [2.24, 2.45) is 5.92 Å². The van der Waals surface area contributed by atoms with Crippen LogP contribution in [0.1, 0.15) is 38.6 Å². The summed E-state index contributed by atoms with van der Waals surface area (Å²) >= 11 is 0. The van der Waals surface area contributed by atoms with Gasteiger partial charge in [0.25, 0.3) is 0 Å². The molecular formula is C23H27N7O. The van der Waals surface area contributed by atoms with Gasteiger partial charge in [-0.15, -0.1) is 10.2 Å². The van der Waals surface area contributed by atoms with E-state index in [1.807, 2.05) is 18.2 Å². The first-order valence-electron chi connectivity index (χ1n) is 10.6. The Morgan fingerprint density at radius 2 is 1.81 bits per heavy atom. The van der Waals surface area contributed by atoms with Crippen molar-refractivity contribution in [2.75, 3.05) is 0 Å². The van der Waals surface area contributed by atoms with Gasteiger partial charge >= 0.3 is 5.69 Å². The summed E-state index contributed by atoms with van der Waals surface area (Å²) in [6.45, 7) is 7.45. The van der Waals surface area contributed by atoms with Crippen LogP contribution in [-0.2, 0) is 19.5 Å². The quantitative estimate of drug-likeness (QED) is 0.473. The predicted octanol–water partition coefficient (Wildman–Crippen LogP) is 3.55. The first-order chi connectivity index (χ1) is 15.0. The van der Waals surface area contributed by atoms with Gasteiger partial charge in [-0.05, 0) is 40.3 Å². The summed E-state index contributed by atoms with van der Waals surface area (Å²) in [7, 11) is 0. The Hall–Kier alpha value is -3.55. The Morgan fingerprint density at radius 1 is 1.03 bits per heavy atom. The fourth-order valence-corrected chi connectivity index (χ4v) is 3.63. The number of H-pyrrole nitrogens is 1. The van der Waals surface area contributed by atoms with Crippen molar-refractivity contribution in [3.8, 4) is 22.5 Å². The summed E-state index contributed by atoms with van der Waals surface area (Å²) in [6.07, 6.45) is 1.75. The third kappa shape index (κ3) is 4.63. The number of aryl methyl sites for hydroxylation is 1. The highest BCUT2D eigenvalue weighted by molar-refractivity contribution is 5.70. The molecule has 8 nitrogen and oxygen atoms in total. The average Bonchev–Trinajstić information content (AvgIpc) is 3.40. The zero-order valence-corrected chi connectivity index (χ0v) is 18.1. The van der Waals surface area contributed by atoms with Crippen molar-refractivity contribution < 1.29 is 0 Å². The lowest BCUT2D eigenvalue weighted by molar-refractivity contribution is 0.465. The maximum Gasteiger partial charge on any atom is 0.346 e. The number of nitrogens with one attached hydrogen (secondary N) is 1. The second-order valence-electron chi connectivity index (χ2n) is 8.12. The van der Waals surface area contributed by atoms with Crippen molar-refractivity contribution in [1.29, 1.82) is 0 Å². The molecule has 4 aromatic rings. The third-order valence-corrected chi connectivity index (χ3v) is 5.11. The molecule has 160 valence electrons. The van der Waals surface area contributed by atoms with Gasteiger partial charge in [-0.2, -0.15) is 10.3 Å². The number of aromatic amines is 1. The highest BCUT2D eigenvalue weighted by Crippen LogP contribution is 2.24. The molecule has 1 N–H and O–H groups in total. The molecular weight excluding hydrogens is 390 g/mol. The minimum Gasteiger partial charge on any atom is -0.274 e. The Bertz CT molecular complexity index is 1190.